The molecular weight excluding hydrogens is 418 g/mol. The van der Waals surface area contributed by atoms with Gasteiger partial charge in [-0.05, 0) is 6.42 Å². The topological polar surface area (TPSA) is 203 Å². The van der Waals surface area contributed by atoms with Gasteiger partial charge in [0.1, 0.15) is 44.7 Å². The van der Waals surface area contributed by atoms with Crippen molar-refractivity contribution in [3.05, 3.63) is 0 Å². The summed E-state index contributed by atoms with van der Waals surface area (Å²) >= 11 is 0.562. The molecule has 0 spiro atoms. The van der Waals surface area contributed by atoms with Crippen LogP contribution < -0.4 is 0 Å². The van der Waals surface area contributed by atoms with Gasteiger partial charge in [0.15, 0.2) is 0 Å². The highest BCUT2D eigenvalue weighted by Crippen LogP contribution is 2.30. The predicted molar refractivity (Wildman–Crippen MR) is 88.5 cm³/mol. The fourth-order valence-corrected chi connectivity index (χ4v) is 4.00. The SMILES string of the molecule is CS(=O)(=O)CCC/C(=N\OS(=O)(=O)[O-])S[C@@H]1O[C@H](CO)[C@@H](O)[C@H](O)[C@H]1O. The van der Waals surface area contributed by atoms with Gasteiger partial charge in [-0.15, -0.1) is 0 Å². The summed E-state index contributed by atoms with van der Waals surface area (Å²) in [5.74, 6) is -0.259. The van der Waals surface area contributed by atoms with Crippen LogP contribution in [0, 0.1) is 0 Å². The molecule has 12 nitrogen and oxygen atoms in total. The van der Waals surface area contributed by atoms with Gasteiger partial charge in [-0.3, -0.25) is 4.28 Å². The van der Waals surface area contributed by atoms with E-state index in [0.717, 1.165) is 6.26 Å². The van der Waals surface area contributed by atoms with Crippen molar-refractivity contribution in [2.75, 3.05) is 18.6 Å². The van der Waals surface area contributed by atoms with E-state index in [4.69, 9.17) is 9.84 Å². The molecule has 0 bridgehead atoms. The summed E-state index contributed by atoms with van der Waals surface area (Å²) in [5.41, 5.74) is -1.29. The molecule has 0 aliphatic carbocycles. The first-order valence-electron chi connectivity index (χ1n) is 7.20. The molecule has 0 saturated carbocycles. The van der Waals surface area contributed by atoms with Gasteiger partial charge in [-0.1, -0.05) is 16.9 Å². The van der Waals surface area contributed by atoms with Crippen LogP contribution in [0.3, 0.4) is 0 Å². The predicted octanol–water partition coefficient (Wildman–Crippen LogP) is -2.87. The molecule has 0 aromatic rings. The Morgan fingerprint density at radius 2 is 1.81 bits per heavy atom. The van der Waals surface area contributed by atoms with Crippen molar-refractivity contribution in [3.8, 4) is 0 Å². The summed E-state index contributed by atoms with van der Waals surface area (Å²) in [7, 11) is -8.47. The van der Waals surface area contributed by atoms with Gasteiger partial charge < -0.3 is 29.7 Å². The van der Waals surface area contributed by atoms with Crippen LogP contribution in [0.5, 0.6) is 0 Å². The number of hydrogen-bond acceptors (Lipinski definition) is 13. The van der Waals surface area contributed by atoms with Gasteiger partial charge in [0.05, 0.1) is 12.4 Å². The lowest BCUT2D eigenvalue weighted by Gasteiger charge is -2.39. The van der Waals surface area contributed by atoms with Crippen LogP contribution in [0.25, 0.3) is 0 Å². The number of sulfone groups is 1. The Hall–Kier alpha value is -0.520. The first kappa shape index (κ1) is 23.5. The smallest absolute Gasteiger partial charge is 0.284 e. The minimum Gasteiger partial charge on any atom is -0.714 e. The summed E-state index contributed by atoms with van der Waals surface area (Å²) in [6, 6.07) is 0. The Morgan fingerprint density at radius 1 is 1.19 bits per heavy atom. The van der Waals surface area contributed by atoms with E-state index in [1.165, 1.54) is 0 Å². The maximum Gasteiger partial charge on any atom is 0.284 e. The van der Waals surface area contributed by atoms with E-state index in [0.29, 0.717) is 11.8 Å². The molecule has 15 heteroatoms. The van der Waals surface area contributed by atoms with E-state index < -0.39 is 56.7 Å². The average molecular weight is 438 g/mol. The standard InChI is InChI=1S/C11H21NO11S3/c1-25(17,18)4-2-3-7(12-23-26(19,20)21)24-11-10(16)9(15)8(14)6(5-13)22-11/h6,8-11,13-16H,2-5H2,1H3,(H,19,20,21)/p-1/b12-7+/t6-,8-,9+,10-,11+/m1/s1. The van der Waals surface area contributed by atoms with Crippen molar-refractivity contribution in [1.29, 1.82) is 0 Å². The van der Waals surface area contributed by atoms with Crippen LogP contribution in [0.1, 0.15) is 12.8 Å². The van der Waals surface area contributed by atoms with Crippen molar-refractivity contribution in [2.45, 2.75) is 42.7 Å². The molecule has 0 aromatic carbocycles. The Bertz CT molecular complexity index is 690. The zero-order valence-electron chi connectivity index (χ0n) is 13.5. The van der Waals surface area contributed by atoms with Crippen molar-refractivity contribution in [2.24, 2.45) is 5.16 Å². The second-order valence-corrected chi connectivity index (χ2v) is 9.91. The number of aliphatic hydroxyl groups excluding tert-OH is 4. The summed E-state index contributed by atoms with van der Waals surface area (Å²) in [6.45, 7) is -0.673. The quantitative estimate of drug-likeness (QED) is 0.0993. The number of oxime groups is 1. The van der Waals surface area contributed by atoms with E-state index in [1.807, 2.05) is 0 Å². The number of hydrogen-bond donors (Lipinski definition) is 4. The molecule has 1 rings (SSSR count). The van der Waals surface area contributed by atoms with E-state index in [2.05, 4.69) is 9.44 Å². The highest BCUT2D eigenvalue weighted by atomic mass is 32.3. The van der Waals surface area contributed by atoms with Crippen LogP contribution in [0.15, 0.2) is 5.16 Å². The molecule has 1 saturated heterocycles. The molecule has 1 heterocycles. The zero-order valence-corrected chi connectivity index (χ0v) is 16.0. The minimum absolute atomic E-state index is 0.00432. The maximum absolute atomic E-state index is 11.2. The van der Waals surface area contributed by atoms with Gasteiger partial charge in [0.25, 0.3) is 10.4 Å². The summed E-state index contributed by atoms with van der Waals surface area (Å²) in [4.78, 5) is 0. The molecular formula is C11H20NO11S3-. The van der Waals surface area contributed by atoms with Crippen LogP contribution in [-0.2, 0) is 29.3 Å². The van der Waals surface area contributed by atoms with E-state index in [1.54, 1.807) is 0 Å². The van der Waals surface area contributed by atoms with Gasteiger partial charge in [0.2, 0.25) is 0 Å². The molecule has 154 valence electrons. The zero-order chi connectivity index (χ0) is 20.1. The largest absolute Gasteiger partial charge is 0.714 e. The fraction of sp³-hybridized carbons (Fsp3) is 0.909. The molecule has 0 unspecified atom stereocenters. The normalized spacial score (nSPS) is 31.0. The number of ether oxygens (including phenoxy) is 1. The molecule has 0 aromatic heterocycles. The number of aliphatic hydroxyl groups is 4. The third kappa shape index (κ3) is 8.01. The van der Waals surface area contributed by atoms with Crippen LogP contribution in [-0.4, -0.2) is 95.3 Å². The number of thioether (sulfide) groups is 1. The Balaban J connectivity index is 2.88. The Kier molecular flexibility index (Phi) is 8.69. The van der Waals surface area contributed by atoms with Crippen molar-refractivity contribution >= 4 is 37.0 Å². The van der Waals surface area contributed by atoms with Crippen LogP contribution >= 0.6 is 11.8 Å². The molecule has 1 aliphatic heterocycles. The van der Waals surface area contributed by atoms with E-state index in [-0.39, 0.29) is 23.6 Å². The first-order chi connectivity index (χ1) is 11.8. The number of nitrogens with zero attached hydrogens (tertiary/aromatic N) is 1. The van der Waals surface area contributed by atoms with Crippen LogP contribution in [0.4, 0.5) is 0 Å². The molecule has 1 aliphatic rings. The van der Waals surface area contributed by atoms with Crippen molar-refractivity contribution in [1.82, 2.24) is 0 Å². The lowest BCUT2D eigenvalue weighted by atomic mass is 10.0. The van der Waals surface area contributed by atoms with E-state index in [9.17, 15) is 36.7 Å². The molecule has 5 atom stereocenters. The Labute approximate surface area is 154 Å². The average Bonchev–Trinajstić information content (AvgIpc) is 2.50. The van der Waals surface area contributed by atoms with E-state index >= 15 is 0 Å². The molecule has 4 N–H and O–H groups in total. The molecule has 1 fully saturated rings. The van der Waals surface area contributed by atoms with Crippen LogP contribution in [0.2, 0.25) is 0 Å². The van der Waals surface area contributed by atoms with Gasteiger partial charge in [-0.2, -0.15) is 8.42 Å². The van der Waals surface area contributed by atoms with Gasteiger partial charge in [0, 0.05) is 12.7 Å². The first-order valence-corrected chi connectivity index (χ1v) is 11.5. The number of rotatable bonds is 8. The van der Waals surface area contributed by atoms with Gasteiger partial charge in [-0.25, -0.2) is 8.42 Å². The molecule has 0 amide bonds. The molecule has 0 radical (unpaired) electrons. The monoisotopic (exact) mass is 438 g/mol. The lowest BCUT2D eigenvalue weighted by Crippen LogP contribution is -2.57. The summed E-state index contributed by atoms with van der Waals surface area (Å²) in [5, 5.41) is 41.4. The third-order valence-electron chi connectivity index (χ3n) is 3.24. The van der Waals surface area contributed by atoms with Gasteiger partial charge >= 0.3 is 0 Å². The third-order valence-corrected chi connectivity index (χ3v) is 5.70. The second-order valence-electron chi connectivity index (χ2n) is 5.52. The summed E-state index contributed by atoms with van der Waals surface area (Å²) in [6.07, 6.45) is -5.23. The van der Waals surface area contributed by atoms with Crippen molar-refractivity contribution in [3.63, 3.8) is 0 Å². The minimum atomic E-state index is -5.16. The highest BCUT2D eigenvalue weighted by Gasteiger charge is 2.44. The summed E-state index contributed by atoms with van der Waals surface area (Å²) < 4.78 is 62.9. The second kappa shape index (κ2) is 9.61. The highest BCUT2D eigenvalue weighted by molar-refractivity contribution is 8.14. The Morgan fingerprint density at radius 3 is 2.31 bits per heavy atom. The molecule has 26 heavy (non-hydrogen) atoms. The lowest BCUT2D eigenvalue weighted by molar-refractivity contribution is -0.205. The van der Waals surface area contributed by atoms with Crippen molar-refractivity contribution < 1.29 is 50.8 Å². The fourth-order valence-electron chi connectivity index (χ4n) is 2.00. The maximum atomic E-state index is 11.2.